The van der Waals surface area contributed by atoms with Gasteiger partial charge in [-0.15, -0.1) is 0 Å². The SMILES string of the molecule is CC1NNC(/N=C/c2c(O)c3ccccc3oc2=O)C1c1ccccc1. The van der Waals surface area contributed by atoms with E-state index in [9.17, 15) is 9.90 Å². The third-order valence-electron chi connectivity index (χ3n) is 4.71. The molecule has 3 unspecified atom stereocenters. The average Bonchev–Trinajstić information content (AvgIpc) is 3.03. The number of hydrogen-bond donors (Lipinski definition) is 3. The summed E-state index contributed by atoms with van der Waals surface area (Å²) < 4.78 is 5.28. The topological polar surface area (TPSA) is 86.9 Å². The Labute approximate surface area is 150 Å². The Bertz CT molecular complexity index is 1010. The minimum absolute atomic E-state index is 0.0527. The first-order valence-corrected chi connectivity index (χ1v) is 8.49. The maximum atomic E-state index is 12.2. The third kappa shape index (κ3) is 2.89. The van der Waals surface area contributed by atoms with E-state index in [2.05, 4.69) is 34.9 Å². The Morgan fingerprint density at radius 3 is 2.62 bits per heavy atom. The van der Waals surface area contributed by atoms with Crippen molar-refractivity contribution in [3.63, 3.8) is 0 Å². The van der Waals surface area contributed by atoms with E-state index in [0.717, 1.165) is 5.56 Å². The molecule has 0 amide bonds. The Kier molecular flexibility index (Phi) is 4.28. The summed E-state index contributed by atoms with van der Waals surface area (Å²) in [6.07, 6.45) is 1.12. The smallest absolute Gasteiger partial charge is 0.348 e. The Morgan fingerprint density at radius 2 is 1.81 bits per heavy atom. The van der Waals surface area contributed by atoms with Gasteiger partial charge in [-0.25, -0.2) is 10.2 Å². The molecule has 4 rings (SSSR count). The van der Waals surface area contributed by atoms with Crippen molar-refractivity contribution in [2.45, 2.75) is 25.0 Å². The standard InChI is InChI=1S/C20H19N3O3/c1-12-17(13-7-3-2-4-8-13)19(23-22-12)21-11-15-18(24)14-9-5-6-10-16(14)26-20(15)25/h2-12,17,19,22-24H,1H3/b21-11+. The molecule has 0 radical (unpaired) electrons. The van der Waals surface area contributed by atoms with E-state index < -0.39 is 5.63 Å². The number of rotatable bonds is 3. The number of benzene rings is 2. The van der Waals surface area contributed by atoms with Crippen LogP contribution in [0.2, 0.25) is 0 Å². The second-order valence-electron chi connectivity index (χ2n) is 6.38. The van der Waals surface area contributed by atoms with Crippen LogP contribution in [0.5, 0.6) is 5.75 Å². The highest BCUT2D eigenvalue weighted by molar-refractivity contribution is 5.93. The minimum atomic E-state index is -0.611. The predicted molar refractivity (Wildman–Crippen MR) is 100 cm³/mol. The molecule has 0 saturated carbocycles. The highest BCUT2D eigenvalue weighted by Crippen LogP contribution is 2.29. The van der Waals surface area contributed by atoms with Crippen LogP contribution in [0.3, 0.4) is 0 Å². The Balaban J connectivity index is 1.70. The van der Waals surface area contributed by atoms with Gasteiger partial charge in [0.1, 0.15) is 23.1 Å². The van der Waals surface area contributed by atoms with Gasteiger partial charge in [-0.1, -0.05) is 42.5 Å². The molecule has 6 heteroatoms. The molecule has 26 heavy (non-hydrogen) atoms. The number of hydrogen-bond acceptors (Lipinski definition) is 6. The van der Waals surface area contributed by atoms with Crippen molar-refractivity contribution in [1.29, 1.82) is 0 Å². The number of para-hydroxylation sites is 1. The van der Waals surface area contributed by atoms with Crippen molar-refractivity contribution in [1.82, 2.24) is 10.9 Å². The third-order valence-corrected chi connectivity index (χ3v) is 4.71. The lowest BCUT2D eigenvalue weighted by Gasteiger charge is -2.18. The van der Waals surface area contributed by atoms with Crippen LogP contribution in [0, 0.1) is 0 Å². The van der Waals surface area contributed by atoms with Crippen LogP contribution in [-0.2, 0) is 0 Å². The number of aromatic hydroxyl groups is 1. The van der Waals surface area contributed by atoms with E-state index >= 15 is 0 Å². The maximum absolute atomic E-state index is 12.2. The number of fused-ring (bicyclic) bond motifs is 1. The average molecular weight is 349 g/mol. The molecule has 132 valence electrons. The first-order chi connectivity index (χ1) is 12.6. The Morgan fingerprint density at radius 1 is 1.08 bits per heavy atom. The molecule has 3 N–H and O–H groups in total. The van der Waals surface area contributed by atoms with Crippen LogP contribution in [-0.4, -0.2) is 23.5 Å². The Hall–Kier alpha value is -2.96. The lowest BCUT2D eigenvalue weighted by Crippen LogP contribution is -2.31. The lowest BCUT2D eigenvalue weighted by atomic mass is 9.92. The monoisotopic (exact) mass is 349 g/mol. The molecule has 1 saturated heterocycles. The normalized spacial score (nSPS) is 23.0. The molecule has 0 spiro atoms. The van der Waals surface area contributed by atoms with E-state index in [0.29, 0.717) is 11.0 Å². The second-order valence-corrected chi connectivity index (χ2v) is 6.38. The van der Waals surface area contributed by atoms with E-state index in [-0.39, 0.29) is 29.4 Å². The largest absolute Gasteiger partial charge is 0.506 e. The molecular formula is C20H19N3O3. The van der Waals surface area contributed by atoms with Gasteiger partial charge in [0.15, 0.2) is 0 Å². The van der Waals surface area contributed by atoms with Crippen LogP contribution in [0.15, 0.2) is 68.8 Å². The quantitative estimate of drug-likeness (QED) is 0.500. The molecule has 3 atom stereocenters. The first kappa shape index (κ1) is 16.5. The number of nitrogens with one attached hydrogen (secondary N) is 2. The first-order valence-electron chi connectivity index (χ1n) is 8.49. The molecule has 6 nitrogen and oxygen atoms in total. The van der Waals surface area contributed by atoms with Gasteiger partial charge in [0, 0.05) is 18.2 Å². The van der Waals surface area contributed by atoms with Crippen molar-refractivity contribution in [3.05, 3.63) is 76.1 Å². The fourth-order valence-electron chi connectivity index (χ4n) is 3.36. The molecule has 1 aliphatic rings. The van der Waals surface area contributed by atoms with E-state index in [4.69, 9.17) is 4.42 Å². The van der Waals surface area contributed by atoms with Gasteiger partial charge in [0.05, 0.1) is 5.39 Å². The van der Waals surface area contributed by atoms with Crippen molar-refractivity contribution in [3.8, 4) is 5.75 Å². The van der Waals surface area contributed by atoms with Crippen molar-refractivity contribution in [2.24, 2.45) is 4.99 Å². The van der Waals surface area contributed by atoms with Crippen LogP contribution in [0.25, 0.3) is 11.0 Å². The number of hydrazine groups is 1. The van der Waals surface area contributed by atoms with Crippen LogP contribution in [0.1, 0.15) is 24.0 Å². The number of nitrogens with zero attached hydrogens (tertiary/aromatic N) is 1. The molecule has 1 aromatic heterocycles. The van der Waals surface area contributed by atoms with Gasteiger partial charge in [-0.05, 0) is 24.6 Å². The van der Waals surface area contributed by atoms with E-state index in [1.54, 1.807) is 24.3 Å². The van der Waals surface area contributed by atoms with Gasteiger partial charge >= 0.3 is 5.63 Å². The van der Waals surface area contributed by atoms with Crippen molar-refractivity contribution in [2.75, 3.05) is 0 Å². The number of aliphatic imine (C=N–C) groups is 1. The predicted octanol–water partition coefficient (Wildman–Crippen LogP) is 2.52. The van der Waals surface area contributed by atoms with Crippen LogP contribution in [0.4, 0.5) is 0 Å². The summed E-state index contributed by atoms with van der Waals surface area (Å²) in [6, 6.07) is 17.1. The zero-order valence-electron chi connectivity index (χ0n) is 14.2. The van der Waals surface area contributed by atoms with E-state index in [1.165, 1.54) is 6.21 Å². The highest BCUT2D eigenvalue weighted by atomic mass is 16.4. The maximum Gasteiger partial charge on any atom is 0.348 e. The molecule has 0 aliphatic carbocycles. The molecule has 3 aromatic rings. The molecular weight excluding hydrogens is 330 g/mol. The highest BCUT2D eigenvalue weighted by Gasteiger charge is 2.33. The van der Waals surface area contributed by atoms with Gasteiger partial charge in [0.25, 0.3) is 0 Å². The van der Waals surface area contributed by atoms with Gasteiger partial charge in [0.2, 0.25) is 0 Å². The van der Waals surface area contributed by atoms with Crippen molar-refractivity contribution < 1.29 is 9.52 Å². The molecule has 1 fully saturated rings. The lowest BCUT2D eigenvalue weighted by molar-refractivity contribution is 0.466. The zero-order chi connectivity index (χ0) is 18.1. The summed E-state index contributed by atoms with van der Waals surface area (Å²) in [5.74, 6) is -0.0158. The molecule has 1 aliphatic heterocycles. The molecule has 2 heterocycles. The molecule has 2 aromatic carbocycles. The summed E-state index contributed by atoms with van der Waals surface area (Å²) in [4.78, 5) is 16.7. The summed E-state index contributed by atoms with van der Waals surface area (Å²) in [7, 11) is 0. The van der Waals surface area contributed by atoms with Gasteiger partial charge < -0.3 is 9.52 Å². The van der Waals surface area contributed by atoms with Gasteiger partial charge in [-0.2, -0.15) is 0 Å². The summed E-state index contributed by atoms with van der Waals surface area (Å²) in [5.41, 5.74) is 7.26. The van der Waals surface area contributed by atoms with Gasteiger partial charge in [-0.3, -0.25) is 10.4 Å². The van der Waals surface area contributed by atoms with E-state index in [1.807, 2.05) is 18.2 Å². The fourth-order valence-corrected chi connectivity index (χ4v) is 3.36. The summed E-state index contributed by atoms with van der Waals surface area (Å²) >= 11 is 0. The second kappa shape index (κ2) is 6.74. The van der Waals surface area contributed by atoms with Crippen LogP contribution >= 0.6 is 0 Å². The summed E-state index contributed by atoms with van der Waals surface area (Å²) in [5, 5.41) is 10.9. The summed E-state index contributed by atoms with van der Waals surface area (Å²) in [6.45, 7) is 2.07. The fraction of sp³-hybridized carbons (Fsp3) is 0.200. The minimum Gasteiger partial charge on any atom is -0.506 e. The molecule has 0 bridgehead atoms. The zero-order valence-corrected chi connectivity index (χ0v) is 14.2. The van der Waals surface area contributed by atoms with Crippen LogP contribution < -0.4 is 16.5 Å². The van der Waals surface area contributed by atoms with Crippen molar-refractivity contribution >= 4 is 17.2 Å².